The Labute approximate surface area is 220 Å². The minimum Gasteiger partial charge on any atom is -0.481 e. The molecule has 0 saturated carbocycles. The second kappa shape index (κ2) is 12.0. The van der Waals surface area contributed by atoms with Crippen LogP contribution in [-0.4, -0.2) is 34.3 Å². The first kappa shape index (κ1) is 26.4. The van der Waals surface area contributed by atoms with Crippen LogP contribution < -0.4 is 10.1 Å². The Morgan fingerprint density at radius 1 is 1.08 bits per heavy atom. The molecule has 2 heterocycles. The molecule has 0 spiro atoms. The Kier molecular flexibility index (Phi) is 8.59. The van der Waals surface area contributed by atoms with Crippen LogP contribution in [0.3, 0.4) is 0 Å². The monoisotopic (exact) mass is 499 g/mol. The lowest BCUT2D eigenvalue weighted by Gasteiger charge is -2.38. The van der Waals surface area contributed by atoms with Gasteiger partial charge >= 0.3 is 0 Å². The van der Waals surface area contributed by atoms with Crippen molar-refractivity contribution in [3.63, 3.8) is 0 Å². The number of nitrogens with zero attached hydrogens (tertiary/aromatic N) is 2. The summed E-state index contributed by atoms with van der Waals surface area (Å²) >= 11 is 0. The van der Waals surface area contributed by atoms with Crippen molar-refractivity contribution in [2.45, 2.75) is 65.6 Å². The number of fused-ring (bicyclic) bond motifs is 1. The number of aromatic nitrogens is 1. The minimum atomic E-state index is -0.611. The molecule has 2 atom stereocenters. The van der Waals surface area contributed by atoms with Gasteiger partial charge in [0.05, 0.1) is 6.04 Å². The standard InChI is InChI=1S/C31H37N3O3/c1-5-28(31(36)33-20-23-12-15-32-16-13-23)37-26-11-10-24-14-17-34(29(35)18-21(2)3)30(27(24)19-26)25-8-6-22(4)7-9-25/h6-13,15-16,19,21,28,30H,5,14,17-18,20H2,1-4H3,(H,33,36). The second-order valence-corrected chi connectivity index (χ2v) is 10.2. The topological polar surface area (TPSA) is 71.5 Å². The predicted molar refractivity (Wildman–Crippen MR) is 145 cm³/mol. The Bertz CT molecular complexity index is 1210. The number of amides is 2. The fourth-order valence-corrected chi connectivity index (χ4v) is 4.80. The normalized spacial score (nSPS) is 15.7. The SMILES string of the molecule is CCC(Oc1ccc2c(c1)C(c1ccc(C)cc1)N(C(=O)CC(C)C)CC2)C(=O)NCc1ccncc1. The molecule has 194 valence electrons. The second-order valence-electron chi connectivity index (χ2n) is 10.2. The summed E-state index contributed by atoms with van der Waals surface area (Å²) in [6, 6.07) is 18.0. The zero-order valence-electron chi connectivity index (χ0n) is 22.2. The van der Waals surface area contributed by atoms with E-state index in [1.807, 2.05) is 36.1 Å². The summed E-state index contributed by atoms with van der Waals surface area (Å²) < 4.78 is 6.22. The highest BCUT2D eigenvalue weighted by molar-refractivity contribution is 5.81. The molecule has 0 fully saturated rings. The first-order valence-electron chi connectivity index (χ1n) is 13.2. The lowest BCUT2D eigenvalue weighted by Crippen LogP contribution is -2.41. The molecule has 1 aliphatic rings. The fourth-order valence-electron chi connectivity index (χ4n) is 4.80. The maximum Gasteiger partial charge on any atom is 0.261 e. The van der Waals surface area contributed by atoms with Crippen molar-refractivity contribution >= 4 is 11.8 Å². The van der Waals surface area contributed by atoms with Crippen molar-refractivity contribution in [2.24, 2.45) is 5.92 Å². The summed E-state index contributed by atoms with van der Waals surface area (Å²) in [5.74, 6) is 0.943. The van der Waals surface area contributed by atoms with Gasteiger partial charge in [-0.15, -0.1) is 0 Å². The van der Waals surface area contributed by atoms with Gasteiger partial charge in [-0.3, -0.25) is 14.6 Å². The molecular weight excluding hydrogens is 462 g/mol. The van der Waals surface area contributed by atoms with Crippen molar-refractivity contribution in [2.75, 3.05) is 6.54 Å². The number of ether oxygens (including phenoxy) is 1. The van der Waals surface area contributed by atoms with Gasteiger partial charge in [0.1, 0.15) is 5.75 Å². The molecule has 2 aromatic carbocycles. The van der Waals surface area contributed by atoms with Crippen molar-refractivity contribution < 1.29 is 14.3 Å². The average molecular weight is 500 g/mol. The van der Waals surface area contributed by atoms with E-state index in [1.54, 1.807) is 12.4 Å². The van der Waals surface area contributed by atoms with Crippen LogP contribution in [0.25, 0.3) is 0 Å². The van der Waals surface area contributed by atoms with E-state index < -0.39 is 6.10 Å². The van der Waals surface area contributed by atoms with Gasteiger partial charge in [0.25, 0.3) is 5.91 Å². The van der Waals surface area contributed by atoms with Crippen LogP contribution in [0.2, 0.25) is 0 Å². The van der Waals surface area contributed by atoms with Crippen LogP contribution in [0, 0.1) is 12.8 Å². The Balaban J connectivity index is 1.58. The van der Waals surface area contributed by atoms with Crippen LogP contribution >= 0.6 is 0 Å². The van der Waals surface area contributed by atoms with Crippen LogP contribution in [0.5, 0.6) is 5.75 Å². The van der Waals surface area contributed by atoms with Crippen LogP contribution in [0.1, 0.15) is 67.5 Å². The van der Waals surface area contributed by atoms with Crippen LogP contribution in [-0.2, 0) is 22.6 Å². The predicted octanol–water partition coefficient (Wildman–Crippen LogP) is 5.38. The molecule has 4 rings (SSSR count). The third-order valence-corrected chi connectivity index (χ3v) is 6.80. The third-order valence-electron chi connectivity index (χ3n) is 6.80. The van der Waals surface area contributed by atoms with Gasteiger partial charge in [-0.2, -0.15) is 0 Å². The van der Waals surface area contributed by atoms with Gasteiger partial charge < -0.3 is 15.0 Å². The first-order chi connectivity index (χ1) is 17.9. The molecule has 1 aliphatic heterocycles. The molecule has 2 amide bonds. The van der Waals surface area contributed by atoms with Gasteiger partial charge in [-0.05, 0) is 72.2 Å². The summed E-state index contributed by atoms with van der Waals surface area (Å²) in [5.41, 5.74) is 5.53. The molecule has 2 unspecified atom stereocenters. The maximum atomic E-state index is 13.3. The highest BCUT2D eigenvalue weighted by Crippen LogP contribution is 2.38. The van der Waals surface area contributed by atoms with E-state index in [4.69, 9.17) is 4.74 Å². The zero-order chi connectivity index (χ0) is 26.4. The third kappa shape index (κ3) is 6.56. The summed E-state index contributed by atoms with van der Waals surface area (Å²) in [6.07, 6.45) is 4.67. The first-order valence-corrected chi connectivity index (χ1v) is 13.2. The number of carbonyl (C=O) groups excluding carboxylic acids is 2. The van der Waals surface area contributed by atoms with Crippen LogP contribution in [0.15, 0.2) is 67.0 Å². The summed E-state index contributed by atoms with van der Waals surface area (Å²) in [4.78, 5) is 32.2. The van der Waals surface area contributed by atoms with E-state index in [9.17, 15) is 9.59 Å². The highest BCUT2D eigenvalue weighted by atomic mass is 16.5. The van der Waals surface area contributed by atoms with Crippen LogP contribution in [0.4, 0.5) is 0 Å². The van der Waals surface area contributed by atoms with Crippen molar-refractivity contribution in [1.29, 1.82) is 0 Å². The number of hydrogen-bond donors (Lipinski definition) is 1. The minimum absolute atomic E-state index is 0.152. The molecule has 0 bridgehead atoms. The summed E-state index contributed by atoms with van der Waals surface area (Å²) in [5, 5.41) is 2.97. The summed E-state index contributed by atoms with van der Waals surface area (Å²) in [7, 11) is 0. The number of carbonyl (C=O) groups is 2. The molecule has 6 nitrogen and oxygen atoms in total. The quantitative estimate of drug-likeness (QED) is 0.429. The van der Waals surface area contributed by atoms with Crippen molar-refractivity contribution in [1.82, 2.24) is 15.2 Å². The Morgan fingerprint density at radius 2 is 1.81 bits per heavy atom. The van der Waals surface area contributed by atoms with Crippen molar-refractivity contribution in [3.8, 4) is 5.75 Å². The van der Waals surface area contributed by atoms with Gasteiger partial charge in [0.15, 0.2) is 6.10 Å². The Hall–Kier alpha value is -3.67. The lowest BCUT2D eigenvalue weighted by molar-refractivity contribution is -0.134. The van der Waals surface area contributed by atoms with Gasteiger partial charge in [-0.25, -0.2) is 0 Å². The largest absolute Gasteiger partial charge is 0.481 e. The lowest BCUT2D eigenvalue weighted by atomic mass is 9.87. The number of benzene rings is 2. The highest BCUT2D eigenvalue weighted by Gasteiger charge is 2.33. The average Bonchev–Trinajstić information content (AvgIpc) is 2.90. The molecule has 6 heteroatoms. The molecule has 1 N–H and O–H groups in total. The number of rotatable bonds is 9. The molecule has 1 aromatic heterocycles. The van der Waals surface area contributed by atoms with E-state index in [1.165, 1.54) is 11.1 Å². The van der Waals surface area contributed by atoms with E-state index in [0.717, 1.165) is 23.1 Å². The van der Waals surface area contributed by atoms with Gasteiger partial charge in [-0.1, -0.05) is 56.7 Å². The molecule has 0 radical (unpaired) electrons. The van der Waals surface area contributed by atoms with E-state index in [-0.39, 0.29) is 17.9 Å². The maximum absolute atomic E-state index is 13.3. The smallest absolute Gasteiger partial charge is 0.261 e. The number of aryl methyl sites for hydroxylation is 1. The van der Waals surface area contributed by atoms with E-state index in [2.05, 4.69) is 61.4 Å². The molecule has 0 aliphatic carbocycles. The number of pyridine rings is 1. The van der Waals surface area contributed by atoms with Gasteiger partial charge in [0, 0.05) is 31.9 Å². The summed E-state index contributed by atoms with van der Waals surface area (Å²) in [6.45, 7) is 9.27. The van der Waals surface area contributed by atoms with E-state index >= 15 is 0 Å². The van der Waals surface area contributed by atoms with Crippen molar-refractivity contribution in [3.05, 3.63) is 94.8 Å². The molecule has 37 heavy (non-hydrogen) atoms. The zero-order valence-corrected chi connectivity index (χ0v) is 22.2. The number of nitrogens with one attached hydrogen (secondary N) is 1. The van der Waals surface area contributed by atoms with E-state index in [0.29, 0.717) is 37.6 Å². The fraction of sp³-hybridized carbons (Fsp3) is 0.387. The van der Waals surface area contributed by atoms with Gasteiger partial charge in [0.2, 0.25) is 5.91 Å². The molecule has 3 aromatic rings. The Morgan fingerprint density at radius 3 is 2.49 bits per heavy atom. The molecular formula is C31H37N3O3. The molecule has 0 saturated heterocycles. The number of hydrogen-bond acceptors (Lipinski definition) is 4.